The molecule has 33 heavy (non-hydrogen) atoms. The number of benzene rings is 3. The van der Waals surface area contributed by atoms with Crippen molar-refractivity contribution in [3.8, 4) is 22.6 Å². The number of H-pyrrole nitrogens is 1. The first-order valence-electron chi connectivity index (χ1n) is 9.75. The minimum atomic E-state index is -4.75. The maximum Gasteiger partial charge on any atom is 0.416 e. The number of nitrogens with one attached hydrogen (secondary N) is 2. The van der Waals surface area contributed by atoms with Crippen LogP contribution in [0.4, 0.5) is 22.0 Å². The van der Waals surface area contributed by atoms with E-state index in [1.807, 2.05) is 0 Å². The summed E-state index contributed by atoms with van der Waals surface area (Å²) in [6, 6.07) is 14.6. The molecule has 0 spiro atoms. The third-order valence-corrected chi connectivity index (χ3v) is 4.90. The van der Waals surface area contributed by atoms with E-state index in [9.17, 15) is 26.7 Å². The number of nitrogens with zero attached hydrogens (tertiary/aromatic N) is 1. The molecule has 0 fully saturated rings. The van der Waals surface area contributed by atoms with Crippen molar-refractivity contribution < 1.29 is 26.7 Å². The van der Waals surface area contributed by atoms with Crippen molar-refractivity contribution in [1.82, 2.24) is 15.3 Å². The van der Waals surface area contributed by atoms with E-state index >= 15 is 0 Å². The second-order valence-corrected chi connectivity index (χ2v) is 7.26. The van der Waals surface area contributed by atoms with Crippen LogP contribution < -0.4 is 5.32 Å². The number of imidazole rings is 1. The van der Waals surface area contributed by atoms with Crippen LogP contribution in [0.5, 0.6) is 0 Å². The lowest BCUT2D eigenvalue weighted by atomic mass is 10.1. The summed E-state index contributed by atoms with van der Waals surface area (Å²) < 4.78 is 65.1. The number of carbonyl (C=O) groups is 1. The van der Waals surface area contributed by atoms with Crippen molar-refractivity contribution in [2.24, 2.45) is 0 Å². The number of amides is 1. The molecule has 168 valence electrons. The Morgan fingerprint density at radius 2 is 1.55 bits per heavy atom. The summed E-state index contributed by atoms with van der Waals surface area (Å²) in [5, 5.41) is 2.48. The van der Waals surface area contributed by atoms with E-state index in [0.29, 0.717) is 23.5 Å². The second kappa shape index (κ2) is 8.85. The van der Waals surface area contributed by atoms with Crippen LogP contribution in [-0.4, -0.2) is 15.9 Å². The summed E-state index contributed by atoms with van der Waals surface area (Å²) in [4.78, 5) is 19.7. The van der Waals surface area contributed by atoms with Crippen LogP contribution >= 0.6 is 0 Å². The van der Waals surface area contributed by atoms with Gasteiger partial charge in [-0.15, -0.1) is 0 Å². The van der Waals surface area contributed by atoms with E-state index in [-0.39, 0.29) is 12.4 Å². The fourth-order valence-electron chi connectivity index (χ4n) is 3.19. The molecule has 4 aromatic rings. The molecule has 0 saturated carbocycles. The van der Waals surface area contributed by atoms with Gasteiger partial charge in [-0.3, -0.25) is 4.79 Å². The molecule has 1 heterocycles. The number of hydrogen-bond acceptors (Lipinski definition) is 2. The van der Waals surface area contributed by atoms with E-state index in [4.69, 9.17) is 0 Å². The van der Waals surface area contributed by atoms with Gasteiger partial charge < -0.3 is 10.3 Å². The predicted molar refractivity (Wildman–Crippen MR) is 112 cm³/mol. The highest BCUT2D eigenvalue weighted by atomic mass is 19.4. The molecule has 0 aliphatic carbocycles. The maximum atomic E-state index is 13.5. The van der Waals surface area contributed by atoms with Crippen molar-refractivity contribution in [3.63, 3.8) is 0 Å². The van der Waals surface area contributed by atoms with Gasteiger partial charge in [0.05, 0.1) is 17.5 Å². The molecule has 0 aliphatic rings. The van der Waals surface area contributed by atoms with Crippen LogP contribution in [0.1, 0.15) is 21.5 Å². The minimum Gasteiger partial charge on any atom is -0.348 e. The van der Waals surface area contributed by atoms with Crippen LogP contribution in [0.25, 0.3) is 22.6 Å². The van der Waals surface area contributed by atoms with E-state index in [1.54, 1.807) is 42.6 Å². The van der Waals surface area contributed by atoms with E-state index in [2.05, 4.69) is 15.3 Å². The Morgan fingerprint density at radius 3 is 2.21 bits per heavy atom. The topological polar surface area (TPSA) is 57.8 Å². The van der Waals surface area contributed by atoms with Crippen LogP contribution in [0.3, 0.4) is 0 Å². The standard InChI is InChI=1S/C24H16F5N3O/c25-19-7-5-15(6-8-19)21-13-30-22(32-21)16-3-1-14(2-4-16)12-31-23(33)17-9-18(24(27,28)29)11-20(26)10-17/h1-11,13H,12H2,(H,30,32)(H,31,33). The zero-order chi connectivity index (χ0) is 23.6. The van der Waals surface area contributed by atoms with Gasteiger partial charge in [-0.05, 0) is 53.6 Å². The lowest BCUT2D eigenvalue weighted by Crippen LogP contribution is -2.23. The number of halogens is 5. The highest BCUT2D eigenvalue weighted by Gasteiger charge is 2.32. The third-order valence-electron chi connectivity index (χ3n) is 4.90. The van der Waals surface area contributed by atoms with Crippen LogP contribution in [0.2, 0.25) is 0 Å². The summed E-state index contributed by atoms with van der Waals surface area (Å²) in [6.07, 6.45) is -3.12. The van der Waals surface area contributed by atoms with Gasteiger partial charge in [-0.25, -0.2) is 13.8 Å². The largest absolute Gasteiger partial charge is 0.416 e. The van der Waals surface area contributed by atoms with Gasteiger partial charge >= 0.3 is 6.18 Å². The molecule has 9 heteroatoms. The highest BCUT2D eigenvalue weighted by molar-refractivity contribution is 5.94. The molecule has 0 saturated heterocycles. The average molecular weight is 457 g/mol. The Bertz CT molecular complexity index is 1280. The molecule has 3 aromatic carbocycles. The van der Waals surface area contributed by atoms with Crippen molar-refractivity contribution in [2.75, 3.05) is 0 Å². The molecule has 1 aromatic heterocycles. The molecule has 4 rings (SSSR count). The highest BCUT2D eigenvalue weighted by Crippen LogP contribution is 2.30. The van der Waals surface area contributed by atoms with E-state index in [1.165, 1.54) is 12.1 Å². The Morgan fingerprint density at radius 1 is 0.879 bits per heavy atom. The lowest BCUT2D eigenvalue weighted by Gasteiger charge is -2.10. The molecule has 0 aliphatic heterocycles. The molecule has 0 unspecified atom stereocenters. The second-order valence-electron chi connectivity index (χ2n) is 7.26. The fraction of sp³-hybridized carbons (Fsp3) is 0.0833. The van der Waals surface area contributed by atoms with Gasteiger partial charge in [0.15, 0.2) is 0 Å². The number of carbonyl (C=O) groups excluding carboxylic acids is 1. The quantitative estimate of drug-likeness (QED) is 0.363. The van der Waals surface area contributed by atoms with Gasteiger partial charge in [0.2, 0.25) is 0 Å². The predicted octanol–water partition coefficient (Wildman–Crippen LogP) is 5.97. The van der Waals surface area contributed by atoms with Crippen LogP contribution in [-0.2, 0) is 12.7 Å². The zero-order valence-corrected chi connectivity index (χ0v) is 16.9. The van der Waals surface area contributed by atoms with Gasteiger partial charge in [0.25, 0.3) is 5.91 Å². The molecule has 0 atom stereocenters. The van der Waals surface area contributed by atoms with Gasteiger partial charge in [0.1, 0.15) is 17.5 Å². The first kappa shape index (κ1) is 22.2. The Labute approximate surface area is 185 Å². The number of alkyl halides is 3. The van der Waals surface area contributed by atoms with Crippen molar-refractivity contribution in [2.45, 2.75) is 12.7 Å². The van der Waals surface area contributed by atoms with E-state index in [0.717, 1.165) is 22.9 Å². The summed E-state index contributed by atoms with van der Waals surface area (Å²) in [5.41, 5.74) is 1.30. The van der Waals surface area contributed by atoms with Gasteiger partial charge in [-0.2, -0.15) is 13.2 Å². The summed E-state index contributed by atoms with van der Waals surface area (Å²) in [7, 11) is 0. The smallest absolute Gasteiger partial charge is 0.348 e. The van der Waals surface area contributed by atoms with Crippen molar-refractivity contribution in [1.29, 1.82) is 0 Å². The van der Waals surface area contributed by atoms with Crippen LogP contribution in [0, 0.1) is 11.6 Å². The fourth-order valence-corrected chi connectivity index (χ4v) is 3.19. The molecule has 2 N–H and O–H groups in total. The zero-order valence-electron chi connectivity index (χ0n) is 16.9. The van der Waals surface area contributed by atoms with Crippen molar-refractivity contribution in [3.05, 3.63) is 101 Å². The maximum absolute atomic E-state index is 13.5. The Balaban J connectivity index is 1.42. The summed E-state index contributed by atoms with van der Waals surface area (Å²) in [5.74, 6) is -1.71. The van der Waals surface area contributed by atoms with E-state index < -0.39 is 29.0 Å². The first-order chi connectivity index (χ1) is 15.7. The minimum absolute atomic E-state index is 0.0377. The number of rotatable bonds is 5. The number of aromatic nitrogens is 2. The Kier molecular flexibility index (Phi) is 5.95. The first-order valence-corrected chi connectivity index (χ1v) is 9.75. The van der Waals surface area contributed by atoms with Gasteiger partial charge in [-0.1, -0.05) is 24.3 Å². The van der Waals surface area contributed by atoms with Crippen LogP contribution in [0.15, 0.2) is 72.9 Å². The molecular weight excluding hydrogens is 441 g/mol. The molecule has 0 bridgehead atoms. The molecular formula is C24H16F5N3O. The molecule has 4 nitrogen and oxygen atoms in total. The normalized spacial score (nSPS) is 11.4. The number of aromatic amines is 1. The number of hydrogen-bond donors (Lipinski definition) is 2. The molecule has 1 amide bonds. The van der Waals surface area contributed by atoms with Gasteiger partial charge in [0, 0.05) is 17.7 Å². The lowest BCUT2D eigenvalue weighted by molar-refractivity contribution is -0.137. The van der Waals surface area contributed by atoms with Crippen molar-refractivity contribution >= 4 is 5.91 Å². The SMILES string of the molecule is O=C(NCc1ccc(-c2ncc(-c3ccc(F)cc3)[nH]2)cc1)c1cc(F)cc(C(F)(F)F)c1. The summed E-state index contributed by atoms with van der Waals surface area (Å²) >= 11 is 0. The average Bonchev–Trinajstić information content (AvgIpc) is 3.27. The Hall–Kier alpha value is -4.01. The summed E-state index contributed by atoms with van der Waals surface area (Å²) in [6.45, 7) is 0.0377. The molecule has 0 radical (unpaired) electrons. The third kappa shape index (κ3) is 5.25. The monoisotopic (exact) mass is 457 g/mol.